The number of methoxy groups -OCH3 is 2. The van der Waals surface area contributed by atoms with Crippen LogP contribution in [0.5, 0.6) is 11.5 Å². The molecule has 1 unspecified atom stereocenters. The second-order valence-corrected chi connectivity index (χ2v) is 5.67. The van der Waals surface area contributed by atoms with Crippen LogP contribution < -0.4 is 14.8 Å². The lowest BCUT2D eigenvalue weighted by atomic mass is 10.2. The summed E-state index contributed by atoms with van der Waals surface area (Å²) in [4.78, 5) is 4.35. The lowest BCUT2D eigenvalue weighted by Crippen LogP contribution is -2.23. The molecule has 4 nitrogen and oxygen atoms in total. The quantitative estimate of drug-likeness (QED) is 0.855. The van der Waals surface area contributed by atoms with Crippen molar-refractivity contribution in [3.8, 4) is 11.5 Å². The van der Waals surface area contributed by atoms with Crippen LogP contribution in [0.1, 0.15) is 18.5 Å². The first-order valence-corrected chi connectivity index (χ1v) is 7.28. The highest BCUT2D eigenvalue weighted by molar-refractivity contribution is 8.00. The van der Waals surface area contributed by atoms with Crippen molar-refractivity contribution in [1.29, 1.82) is 0 Å². The molecule has 0 spiro atoms. The summed E-state index contributed by atoms with van der Waals surface area (Å²) in [6, 6.07) is 1.81. The van der Waals surface area contributed by atoms with E-state index in [1.54, 1.807) is 20.4 Å². The first kappa shape index (κ1) is 13.5. The van der Waals surface area contributed by atoms with Crippen LogP contribution in [0.25, 0.3) is 0 Å². The molecule has 1 N–H and O–H groups in total. The van der Waals surface area contributed by atoms with Crippen molar-refractivity contribution in [2.75, 3.05) is 26.5 Å². The molecule has 1 atom stereocenters. The summed E-state index contributed by atoms with van der Waals surface area (Å²) in [5.41, 5.74) is 0.903. The first-order chi connectivity index (χ1) is 8.85. The van der Waals surface area contributed by atoms with Gasteiger partial charge >= 0.3 is 0 Å². The molecule has 0 aromatic carbocycles. The van der Waals surface area contributed by atoms with Crippen LogP contribution >= 0.6 is 11.8 Å². The Morgan fingerprint density at radius 2 is 2.33 bits per heavy atom. The Kier molecular flexibility index (Phi) is 5.13. The zero-order chi connectivity index (χ0) is 12.8. The van der Waals surface area contributed by atoms with Gasteiger partial charge in [-0.2, -0.15) is 11.8 Å². The predicted octanol–water partition coefficient (Wildman–Crippen LogP) is 2.08. The van der Waals surface area contributed by atoms with Crippen molar-refractivity contribution >= 4 is 11.8 Å². The van der Waals surface area contributed by atoms with Crippen LogP contribution in [0.2, 0.25) is 0 Å². The summed E-state index contributed by atoms with van der Waals surface area (Å²) in [5, 5.41) is 4.20. The third kappa shape index (κ3) is 3.29. The fourth-order valence-corrected chi connectivity index (χ4v) is 3.37. The molecule has 100 valence electrons. The standard InChI is InChI=1S/C13H20N2O2S/c1-16-12-5-6-15-11(13(12)17-2)9-14-8-10-4-3-7-18-10/h5-6,10,14H,3-4,7-9H2,1-2H3. The SMILES string of the molecule is COc1ccnc(CNCC2CCCS2)c1OC. The molecule has 0 saturated carbocycles. The van der Waals surface area contributed by atoms with Gasteiger partial charge in [0.2, 0.25) is 0 Å². The molecular formula is C13H20N2O2S. The van der Waals surface area contributed by atoms with Crippen LogP contribution in [0, 0.1) is 0 Å². The monoisotopic (exact) mass is 268 g/mol. The van der Waals surface area contributed by atoms with E-state index in [9.17, 15) is 0 Å². The third-order valence-corrected chi connectivity index (χ3v) is 4.45. The van der Waals surface area contributed by atoms with E-state index in [2.05, 4.69) is 22.1 Å². The number of aromatic nitrogens is 1. The molecule has 0 aliphatic carbocycles. The second kappa shape index (κ2) is 6.85. The maximum absolute atomic E-state index is 5.36. The van der Waals surface area contributed by atoms with Gasteiger partial charge in [0.15, 0.2) is 11.5 Å². The van der Waals surface area contributed by atoms with Gasteiger partial charge in [-0.3, -0.25) is 4.98 Å². The molecule has 0 amide bonds. The molecule has 5 heteroatoms. The third-order valence-electron chi connectivity index (χ3n) is 3.05. The number of rotatable bonds is 6. The zero-order valence-electron chi connectivity index (χ0n) is 10.9. The number of nitrogens with one attached hydrogen (secondary N) is 1. The Hall–Kier alpha value is -0.940. The van der Waals surface area contributed by atoms with Crippen LogP contribution in [-0.4, -0.2) is 36.8 Å². The minimum Gasteiger partial charge on any atom is -0.493 e. The van der Waals surface area contributed by atoms with Crippen molar-refractivity contribution in [2.24, 2.45) is 0 Å². The summed E-state index contributed by atoms with van der Waals surface area (Å²) in [6.07, 6.45) is 4.42. The lowest BCUT2D eigenvalue weighted by Gasteiger charge is -2.13. The molecule has 1 aromatic rings. The van der Waals surface area contributed by atoms with Gasteiger partial charge in [-0.25, -0.2) is 0 Å². The normalized spacial score (nSPS) is 18.9. The average molecular weight is 268 g/mol. The number of ether oxygens (including phenoxy) is 2. The topological polar surface area (TPSA) is 43.4 Å². The maximum atomic E-state index is 5.36. The number of nitrogens with zero attached hydrogens (tertiary/aromatic N) is 1. The van der Waals surface area contributed by atoms with E-state index < -0.39 is 0 Å². The maximum Gasteiger partial charge on any atom is 0.183 e. The van der Waals surface area contributed by atoms with Crippen molar-refractivity contribution in [1.82, 2.24) is 10.3 Å². The molecule has 1 aliphatic rings. The summed E-state index contributed by atoms with van der Waals surface area (Å²) < 4.78 is 10.6. The molecule has 1 aliphatic heterocycles. The fraction of sp³-hybridized carbons (Fsp3) is 0.615. The van der Waals surface area contributed by atoms with E-state index in [1.807, 2.05) is 6.07 Å². The Morgan fingerprint density at radius 3 is 3.00 bits per heavy atom. The highest BCUT2D eigenvalue weighted by Gasteiger charge is 2.16. The number of thioether (sulfide) groups is 1. The largest absolute Gasteiger partial charge is 0.493 e. The van der Waals surface area contributed by atoms with Gasteiger partial charge in [0.1, 0.15) is 0 Å². The van der Waals surface area contributed by atoms with Gasteiger partial charge in [0.05, 0.1) is 19.9 Å². The Morgan fingerprint density at radius 1 is 1.44 bits per heavy atom. The molecule has 1 aromatic heterocycles. The van der Waals surface area contributed by atoms with Gasteiger partial charge < -0.3 is 14.8 Å². The van der Waals surface area contributed by atoms with Crippen molar-refractivity contribution in [2.45, 2.75) is 24.6 Å². The fourth-order valence-electron chi connectivity index (χ4n) is 2.13. The predicted molar refractivity (Wildman–Crippen MR) is 74.5 cm³/mol. The van der Waals surface area contributed by atoms with E-state index in [0.717, 1.165) is 35.5 Å². The minimum absolute atomic E-state index is 0.720. The summed E-state index contributed by atoms with van der Waals surface area (Å²) in [6.45, 7) is 1.75. The Bertz CT molecular complexity index is 381. The number of hydrogen-bond acceptors (Lipinski definition) is 5. The summed E-state index contributed by atoms with van der Waals surface area (Å²) >= 11 is 2.06. The molecule has 0 radical (unpaired) electrons. The first-order valence-electron chi connectivity index (χ1n) is 6.23. The van der Waals surface area contributed by atoms with Gasteiger partial charge in [-0.15, -0.1) is 0 Å². The van der Waals surface area contributed by atoms with Crippen molar-refractivity contribution in [3.05, 3.63) is 18.0 Å². The lowest BCUT2D eigenvalue weighted by molar-refractivity contribution is 0.348. The molecule has 2 rings (SSSR count). The molecule has 1 saturated heterocycles. The van der Waals surface area contributed by atoms with Crippen LogP contribution in [0.15, 0.2) is 12.3 Å². The molecule has 18 heavy (non-hydrogen) atoms. The highest BCUT2D eigenvalue weighted by atomic mass is 32.2. The smallest absolute Gasteiger partial charge is 0.183 e. The van der Waals surface area contributed by atoms with Crippen molar-refractivity contribution in [3.63, 3.8) is 0 Å². The van der Waals surface area contributed by atoms with Gasteiger partial charge in [-0.1, -0.05) is 0 Å². The second-order valence-electron chi connectivity index (χ2n) is 4.26. The number of pyridine rings is 1. The van der Waals surface area contributed by atoms with E-state index in [4.69, 9.17) is 9.47 Å². The van der Waals surface area contributed by atoms with E-state index >= 15 is 0 Å². The Labute approximate surface area is 112 Å². The summed E-state index contributed by atoms with van der Waals surface area (Å²) in [7, 11) is 3.29. The zero-order valence-corrected chi connectivity index (χ0v) is 11.8. The molecular weight excluding hydrogens is 248 g/mol. The van der Waals surface area contributed by atoms with E-state index in [-0.39, 0.29) is 0 Å². The average Bonchev–Trinajstić information content (AvgIpc) is 2.91. The van der Waals surface area contributed by atoms with E-state index in [0.29, 0.717) is 0 Å². The molecule has 0 bridgehead atoms. The van der Waals surface area contributed by atoms with Gasteiger partial charge in [0.25, 0.3) is 0 Å². The van der Waals surface area contributed by atoms with Crippen LogP contribution in [0.4, 0.5) is 0 Å². The Balaban J connectivity index is 1.91. The minimum atomic E-state index is 0.720. The van der Waals surface area contributed by atoms with Gasteiger partial charge in [-0.05, 0) is 18.6 Å². The number of hydrogen-bond donors (Lipinski definition) is 1. The van der Waals surface area contributed by atoms with E-state index in [1.165, 1.54) is 18.6 Å². The molecule has 2 heterocycles. The highest BCUT2D eigenvalue weighted by Crippen LogP contribution is 2.29. The van der Waals surface area contributed by atoms with Crippen LogP contribution in [0.3, 0.4) is 0 Å². The molecule has 1 fully saturated rings. The summed E-state index contributed by atoms with van der Waals surface area (Å²) in [5.74, 6) is 2.76. The van der Waals surface area contributed by atoms with Gasteiger partial charge in [0, 0.05) is 30.6 Å². The van der Waals surface area contributed by atoms with Crippen LogP contribution in [-0.2, 0) is 6.54 Å². The van der Waals surface area contributed by atoms with Crippen molar-refractivity contribution < 1.29 is 9.47 Å².